The van der Waals surface area contributed by atoms with Crippen LogP contribution in [0.3, 0.4) is 0 Å². The molecule has 0 saturated carbocycles. The van der Waals surface area contributed by atoms with E-state index >= 15 is 0 Å². The van der Waals surface area contributed by atoms with Crippen molar-refractivity contribution in [1.82, 2.24) is 4.98 Å². The first-order valence-electron chi connectivity index (χ1n) is 11.5. The van der Waals surface area contributed by atoms with Crippen molar-refractivity contribution in [1.29, 1.82) is 10.5 Å². The Bertz CT molecular complexity index is 1280. The maximum atomic E-state index is 12.4. The molecule has 178 valence electrons. The normalized spacial score (nSPS) is 10.7. The number of nitrogens with two attached hydrogens (primary N) is 1. The average molecular weight is 484 g/mol. The molecule has 3 rings (SSSR count). The number of nitrogens with one attached hydrogen (secondary N) is 1. The lowest BCUT2D eigenvalue weighted by Gasteiger charge is -2.14. The summed E-state index contributed by atoms with van der Waals surface area (Å²) in [6, 6.07) is 19.9. The van der Waals surface area contributed by atoms with Gasteiger partial charge in [0.25, 0.3) is 0 Å². The molecule has 0 aliphatic heterocycles. The van der Waals surface area contributed by atoms with Crippen LogP contribution >= 0.6 is 11.8 Å². The first kappa shape index (κ1) is 25.8. The number of carbonyl (C=O) groups excluding carboxylic acids is 1. The predicted octanol–water partition coefficient (Wildman–Crippen LogP) is 6.44. The molecule has 3 aromatic rings. The van der Waals surface area contributed by atoms with Crippen LogP contribution in [0.1, 0.15) is 68.2 Å². The first-order chi connectivity index (χ1) is 16.7. The topological polar surface area (TPSA) is 116 Å². The number of amides is 1. The van der Waals surface area contributed by atoms with Gasteiger partial charge in [0, 0.05) is 23.4 Å². The second-order valence-electron chi connectivity index (χ2n) is 8.85. The van der Waals surface area contributed by atoms with Crippen molar-refractivity contribution >= 4 is 29.2 Å². The number of hydrogen-bond donors (Lipinski definition) is 2. The Hall–Kier alpha value is -3.81. The number of thioether (sulfide) groups is 1. The first-order valence-corrected chi connectivity index (χ1v) is 12.5. The number of benzene rings is 2. The van der Waals surface area contributed by atoms with Gasteiger partial charge in [-0.15, -0.1) is 11.8 Å². The van der Waals surface area contributed by atoms with Gasteiger partial charge in [-0.25, -0.2) is 4.98 Å². The van der Waals surface area contributed by atoms with Gasteiger partial charge in [0.15, 0.2) is 0 Å². The lowest BCUT2D eigenvalue weighted by Crippen LogP contribution is -2.12. The highest BCUT2D eigenvalue weighted by atomic mass is 32.2. The molecule has 6 nitrogen and oxygen atoms in total. The number of carbonyl (C=O) groups is 1. The number of nitrogen functional groups attached to an aromatic ring is 1. The van der Waals surface area contributed by atoms with E-state index in [2.05, 4.69) is 50.1 Å². The lowest BCUT2D eigenvalue weighted by atomic mass is 9.94. The number of nitrogens with zero attached hydrogens (tertiary/aromatic N) is 3. The van der Waals surface area contributed by atoms with Crippen molar-refractivity contribution in [2.75, 3.05) is 16.8 Å². The van der Waals surface area contributed by atoms with E-state index in [4.69, 9.17) is 5.73 Å². The van der Waals surface area contributed by atoms with Crippen LogP contribution in [0.4, 0.5) is 11.5 Å². The number of nitriles is 2. The predicted molar refractivity (Wildman–Crippen MR) is 142 cm³/mol. The van der Waals surface area contributed by atoms with E-state index in [1.807, 2.05) is 48.5 Å². The summed E-state index contributed by atoms with van der Waals surface area (Å²) in [5.41, 5.74) is 10.9. The fraction of sp³-hybridized carbons (Fsp3) is 0.286. The molecule has 1 amide bonds. The van der Waals surface area contributed by atoms with E-state index in [0.29, 0.717) is 33.7 Å². The molecule has 1 aromatic heterocycles. The van der Waals surface area contributed by atoms with Crippen molar-refractivity contribution < 1.29 is 4.79 Å². The fourth-order valence-electron chi connectivity index (χ4n) is 3.64. The minimum Gasteiger partial charge on any atom is -0.383 e. The van der Waals surface area contributed by atoms with Crippen molar-refractivity contribution in [3.8, 4) is 23.3 Å². The Morgan fingerprint density at radius 2 is 1.49 bits per heavy atom. The molecule has 0 radical (unpaired) electrons. The Kier molecular flexibility index (Phi) is 8.52. The van der Waals surface area contributed by atoms with Crippen molar-refractivity contribution in [3.05, 3.63) is 70.8 Å². The van der Waals surface area contributed by atoms with E-state index in [1.165, 1.54) is 17.3 Å². The minimum atomic E-state index is -0.126. The Balaban J connectivity index is 1.78. The van der Waals surface area contributed by atoms with Crippen LogP contribution in [-0.4, -0.2) is 16.6 Å². The van der Waals surface area contributed by atoms with Gasteiger partial charge in [0.2, 0.25) is 5.91 Å². The molecule has 0 atom stereocenters. The molecule has 0 aliphatic rings. The second-order valence-corrected chi connectivity index (χ2v) is 9.93. The summed E-state index contributed by atoms with van der Waals surface area (Å²) in [6.07, 6.45) is 0.238. The lowest BCUT2D eigenvalue weighted by molar-refractivity contribution is -0.115. The molecule has 0 spiro atoms. The highest BCUT2D eigenvalue weighted by Gasteiger charge is 2.21. The summed E-state index contributed by atoms with van der Waals surface area (Å²) in [5, 5.41) is 23.0. The molecule has 0 bridgehead atoms. The molecular weight excluding hydrogens is 454 g/mol. The fourth-order valence-corrected chi connectivity index (χ4v) is 4.58. The highest BCUT2D eigenvalue weighted by molar-refractivity contribution is 7.99. The molecule has 3 N–H and O–H groups in total. The summed E-state index contributed by atoms with van der Waals surface area (Å²) >= 11 is 1.28. The van der Waals surface area contributed by atoms with Crippen LogP contribution in [-0.2, 0) is 4.79 Å². The van der Waals surface area contributed by atoms with E-state index in [0.717, 1.165) is 16.8 Å². The largest absolute Gasteiger partial charge is 0.383 e. The van der Waals surface area contributed by atoms with Gasteiger partial charge < -0.3 is 11.1 Å². The van der Waals surface area contributed by atoms with Crippen molar-refractivity contribution in [3.63, 3.8) is 0 Å². The molecule has 2 aromatic carbocycles. The molecule has 0 unspecified atom stereocenters. The number of rotatable bonds is 8. The molecule has 0 saturated heterocycles. The van der Waals surface area contributed by atoms with Gasteiger partial charge in [-0.05, 0) is 40.7 Å². The molecule has 1 heterocycles. The van der Waals surface area contributed by atoms with Gasteiger partial charge in [0.1, 0.15) is 28.5 Å². The molecular formula is C28H29N5OS. The zero-order valence-corrected chi connectivity index (χ0v) is 21.2. The van der Waals surface area contributed by atoms with Crippen LogP contribution in [0, 0.1) is 22.7 Å². The number of pyridine rings is 1. The number of anilines is 2. The van der Waals surface area contributed by atoms with Crippen molar-refractivity contribution in [2.45, 2.75) is 51.0 Å². The molecule has 35 heavy (non-hydrogen) atoms. The van der Waals surface area contributed by atoms with Gasteiger partial charge in [-0.3, -0.25) is 4.79 Å². The maximum absolute atomic E-state index is 12.4. The van der Waals surface area contributed by atoms with Crippen molar-refractivity contribution in [2.24, 2.45) is 0 Å². The summed E-state index contributed by atoms with van der Waals surface area (Å²) in [5.74, 6) is 1.15. The minimum absolute atomic E-state index is 0.0756. The third-order valence-corrected chi connectivity index (χ3v) is 6.69. The SMILES string of the molecule is CC(C)c1ccc(NC(=O)CCSc2nc(N)c(C#N)c(-c3ccc(C(C)C)cc3)c2C#N)cc1. The van der Waals surface area contributed by atoms with Gasteiger partial charge in [-0.2, -0.15) is 10.5 Å². The van der Waals surface area contributed by atoms with Crippen LogP contribution in [0.15, 0.2) is 53.6 Å². The maximum Gasteiger partial charge on any atom is 0.225 e. The Labute approximate surface area is 211 Å². The van der Waals surface area contributed by atoms with Crippen LogP contribution < -0.4 is 11.1 Å². The highest BCUT2D eigenvalue weighted by Crippen LogP contribution is 2.36. The van der Waals surface area contributed by atoms with Crippen LogP contribution in [0.5, 0.6) is 0 Å². The van der Waals surface area contributed by atoms with Gasteiger partial charge in [-0.1, -0.05) is 64.1 Å². The third-order valence-electron chi connectivity index (χ3n) is 5.71. The Morgan fingerprint density at radius 1 is 0.943 bits per heavy atom. The molecule has 0 fully saturated rings. The van der Waals surface area contributed by atoms with Crippen LogP contribution in [0.25, 0.3) is 11.1 Å². The Morgan fingerprint density at radius 3 is 2.00 bits per heavy atom. The number of aromatic nitrogens is 1. The molecule has 0 aliphatic carbocycles. The van der Waals surface area contributed by atoms with Crippen LogP contribution in [0.2, 0.25) is 0 Å². The second kappa shape index (κ2) is 11.6. The van der Waals surface area contributed by atoms with Gasteiger partial charge >= 0.3 is 0 Å². The standard InChI is InChI=1S/C28H29N5OS/c1-17(2)19-5-7-21(8-6-19)26-23(15-29)27(31)33-28(24(26)16-30)35-14-13-25(34)32-22-11-9-20(10-12-22)18(3)4/h5-12,17-18H,13-14H2,1-4H3,(H2,31,33)(H,32,34). The summed E-state index contributed by atoms with van der Waals surface area (Å²) in [7, 11) is 0. The zero-order chi connectivity index (χ0) is 25.5. The average Bonchev–Trinajstić information content (AvgIpc) is 2.84. The number of hydrogen-bond acceptors (Lipinski definition) is 6. The van der Waals surface area contributed by atoms with E-state index in [1.54, 1.807) is 0 Å². The van der Waals surface area contributed by atoms with E-state index in [9.17, 15) is 15.3 Å². The molecule has 7 heteroatoms. The summed E-state index contributed by atoms with van der Waals surface area (Å²) in [4.78, 5) is 16.8. The third kappa shape index (κ3) is 6.20. The van der Waals surface area contributed by atoms with Gasteiger partial charge in [0.05, 0.1) is 5.56 Å². The van der Waals surface area contributed by atoms with E-state index in [-0.39, 0.29) is 23.7 Å². The smallest absolute Gasteiger partial charge is 0.225 e. The summed E-state index contributed by atoms with van der Waals surface area (Å²) < 4.78 is 0. The van der Waals surface area contributed by atoms with E-state index < -0.39 is 0 Å². The zero-order valence-electron chi connectivity index (χ0n) is 20.4. The quantitative estimate of drug-likeness (QED) is 0.356. The monoisotopic (exact) mass is 483 g/mol. The summed E-state index contributed by atoms with van der Waals surface area (Å²) in [6.45, 7) is 8.45.